The number of nitrogens with one attached hydrogen (secondary N) is 2. The van der Waals surface area contributed by atoms with Crippen LogP contribution in [0.5, 0.6) is 0 Å². The number of aryl methyl sites for hydroxylation is 1. The van der Waals surface area contributed by atoms with Crippen LogP contribution in [0.2, 0.25) is 0 Å². The minimum absolute atomic E-state index is 0.0528. The Morgan fingerprint density at radius 1 is 1.56 bits per heavy atom. The van der Waals surface area contributed by atoms with E-state index in [4.69, 9.17) is 5.73 Å². The molecule has 0 spiro atoms. The van der Waals surface area contributed by atoms with E-state index in [1.807, 2.05) is 6.92 Å². The van der Waals surface area contributed by atoms with Gasteiger partial charge in [0, 0.05) is 11.1 Å². The molecule has 1 aromatic carbocycles. The Morgan fingerprint density at radius 2 is 2.33 bits per heavy atom. The summed E-state index contributed by atoms with van der Waals surface area (Å²) in [4.78, 5) is 11.9. The number of benzene rings is 1. The van der Waals surface area contributed by atoms with Gasteiger partial charge in [-0.1, -0.05) is 6.92 Å². The van der Waals surface area contributed by atoms with Crippen molar-refractivity contribution in [2.24, 2.45) is 0 Å². The SMILES string of the molecule is CCc1cn[nH]c1NC(=O)c1ccc(F)c(N)c1. The van der Waals surface area contributed by atoms with E-state index in [1.54, 1.807) is 6.20 Å². The zero-order valence-electron chi connectivity index (χ0n) is 9.83. The molecule has 0 unspecified atom stereocenters. The van der Waals surface area contributed by atoms with Crippen molar-refractivity contribution in [3.63, 3.8) is 0 Å². The van der Waals surface area contributed by atoms with Crippen molar-refractivity contribution in [1.29, 1.82) is 0 Å². The lowest BCUT2D eigenvalue weighted by Gasteiger charge is -2.05. The maximum absolute atomic E-state index is 13.0. The number of anilines is 2. The number of carbonyl (C=O) groups excluding carboxylic acids is 1. The Morgan fingerprint density at radius 3 is 3.00 bits per heavy atom. The van der Waals surface area contributed by atoms with E-state index in [9.17, 15) is 9.18 Å². The molecule has 0 atom stereocenters. The lowest BCUT2D eigenvalue weighted by Crippen LogP contribution is -2.13. The van der Waals surface area contributed by atoms with Crippen LogP contribution in [0.4, 0.5) is 15.9 Å². The number of nitrogen functional groups attached to an aromatic ring is 1. The second-order valence-corrected chi connectivity index (χ2v) is 3.81. The summed E-state index contributed by atoms with van der Waals surface area (Å²) in [5.74, 6) is -0.353. The lowest BCUT2D eigenvalue weighted by atomic mass is 10.1. The predicted octanol–water partition coefficient (Wildman–Crippen LogP) is 1.95. The zero-order valence-corrected chi connectivity index (χ0v) is 9.83. The summed E-state index contributed by atoms with van der Waals surface area (Å²) in [5, 5.41) is 9.21. The number of nitrogens with two attached hydrogens (primary N) is 1. The fourth-order valence-corrected chi connectivity index (χ4v) is 1.56. The van der Waals surface area contributed by atoms with Crippen LogP contribution in [-0.2, 0) is 6.42 Å². The van der Waals surface area contributed by atoms with Crippen LogP contribution in [0.3, 0.4) is 0 Å². The molecular weight excluding hydrogens is 235 g/mol. The Kier molecular flexibility index (Phi) is 3.27. The molecule has 5 nitrogen and oxygen atoms in total. The van der Waals surface area contributed by atoms with Gasteiger partial charge in [0.25, 0.3) is 5.91 Å². The number of aromatic amines is 1. The van der Waals surface area contributed by atoms with Crippen molar-refractivity contribution in [1.82, 2.24) is 10.2 Å². The normalized spacial score (nSPS) is 10.3. The van der Waals surface area contributed by atoms with Crippen molar-refractivity contribution in [2.45, 2.75) is 13.3 Å². The number of halogens is 1. The molecule has 4 N–H and O–H groups in total. The Balaban J connectivity index is 2.19. The summed E-state index contributed by atoms with van der Waals surface area (Å²) in [6.07, 6.45) is 2.40. The number of amides is 1. The number of H-pyrrole nitrogens is 1. The van der Waals surface area contributed by atoms with E-state index < -0.39 is 5.82 Å². The summed E-state index contributed by atoms with van der Waals surface area (Å²) in [6.45, 7) is 1.95. The molecule has 0 fully saturated rings. The highest BCUT2D eigenvalue weighted by atomic mass is 19.1. The molecule has 0 radical (unpaired) electrons. The minimum atomic E-state index is -0.540. The van der Waals surface area contributed by atoms with Crippen LogP contribution in [-0.4, -0.2) is 16.1 Å². The first-order chi connectivity index (χ1) is 8.61. The van der Waals surface area contributed by atoms with Crippen molar-refractivity contribution in [3.05, 3.63) is 41.3 Å². The minimum Gasteiger partial charge on any atom is -0.396 e. The van der Waals surface area contributed by atoms with Crippen LogP contribution in [0.15, 0.2) is 24.4 Å². The molecule has 6 heteroatoms. The second-order valence-electron chi connectivity index (χ2n) is 3.81. The number of aromatic nitrogens is 2. The van der Waals surface area contributed by atoms with Gasteiger partial charge in [0.1, 0.15) is 11.6 Å². The van der Waals surface area contributed by atoms with Gasteiger partial charge in [-0.25, -0.2) is 4.39 Å². The van der Waals surface area contributed by atoms with Crippen molar-refractivity contribution >= 4 is 17.4 Å². The summed E-state index contributed by atoms with van der Waals surface area (Å²) in [7, 11) is 0. The first-order valence-corrected chi connectivity index (χ1v) is 5.50. The number of hydrogen-bond acceptors (Lipinski definition) is 3. The van der Waals surface area contributed by atoms with Gasteiger partial charge in [-0.05, 0) is 24.6 Å². The molecule has 0 bridgehead atoms. The molecule has 1 amide bonds. The molecule has 1 aromatic heterocycles. The summed E-state index contributed by atoms with van der Waals surface area (Å²) < 4.78 is 13.0. The van der Waals surface area contributed by atoms with E-state index in [-0.39, 0.29) is 11.6 Å². The van der Waals surface area contributed by atoms with Gasteiger partial charge in [-0.3, -0.25) is 9.89 Å². The lowest BCUT2D eigenvalue weighted by molar-refractivity contribution is 0.102. The van der Waals surface area contributed by atoms with Crippen LogP contribution < -0.4 is 11.1 Å². The molecule has 2 aromatic rings. The van der Waals surface area contributed by atoms with E-state index in [1.165, 1.54) is 12.1 Å². The quantitative estimate of drug-likeness (QED) is 0.726. The molecular formula is C12H13FN4O. The first kappa shape index (κ1) is 12.1. The van der Waals surface area contributed by atoms with E-state index in [0.29, 0.717) is 11.4 Å². The van der Waals surface area contributed by atoms with Gasteiger partial charge in [-0.15, -0.1) is 0 Å². The average molecular weight is 248 g/mol. The van der Waals surface area contributed by atoms with Gasteiger partial charge >= 0.3 is 0 Å². The van der Waals surface area contributed by atoms with Gasteiger partial charge in [0.2, 0.25) is 0 Å². The molecule has 0 aliphatic heterocycles. The summed E-state index contributed by atoms with van der Waals surface area (Å²) >= 11 is 0. The average Bonchev–Trinajstić information content (AvgIpc) is 2.79. The topological polar surface area (TPSA) is 83.8 Å². The Labute approximate surface area is 103 Å². The maximum Gasteiger partial charge on any atom is 0.256 e. The molecule has 2 rings (SSSR count). The van der Waals surface area contributed by atoms with Crippen LogP contribution in [0.1, 0.15) is 22.8 Å². The Hall–Kier alpha value is -2.37. The summed E-state index contributed by atoms with van der Waals surface area (Å²) in [5.41, 5.74) is 6.56. The van der Waals surface area contributed by atoms with Crippen molar-refractivity contribution < 1.29 is 9.18 Å². The smallest absolute Gasteiger partial charge is 0.256 e. The predicted molar refractivity (Wildman–Crippen MR) is 66.7 cm³/mol. The van der Waals surface area contributed by atoms with E-state index >= 15 is 0 Å². The second kappa shape index (κ2) is 4.87. The fraction of sp³-hybridized carbons (Fsp3) is 0.167. The number of hydrogen-bond donors (Lipinski definition) is 3. The highest BCUT2D eigenvalue weighted by Gasteiger charge is 2.11. The number of nitrogens with zero attached hydrogens (tertiary/aromatic N) is 1. The molecule has 0 saturated heterocycles. The Bertz CT molecular complexity index is 579. The highest BCUT2D eigenvalue weighted by Crippen LogP contribution is 2.16. The van der Waals surface area contributed by atoms with E-state index in [0.717, 1.165) is 18.1 Å². The van der Waals surface area contributed by atoms with Gasteiger partial charge < -0.3 is 11.1 Å². The number of rotatable bonds is 3. The molecule has 0 aliphatic rings. The molecule has 94 valence electrons. The number of carbonyl (C=O) groups is 1. The van der Waals surface area contributed by atoms with E-state index in [2.05, 4.69) is 15.5 Å². The monoisotopic (exact) mass is 248 g/mol. The first-order valence-electron chi connectivity index (χ1n) is 5.50. The maximum atomic E-state index is 13.0. The highest BCUT2D eigenvalue weighted by molar-refractivity contribution is 6.04. The molecule has 1 heterocycles. The third-order valence-electron chi connectivity index (χ3n) is 2.60. The zero-order chi connectivity index (χ0) is 13.1. The molecule has 0 saturated carbocycles. The molecule has 18 heavy (non-hydrogen) atoms. The standard InChI is InChI=1S/C12H13FN4O/c1-2-7-6-15-17-11(7)16-12(18)8-3-4-9(13)10(14)5-8/h3-6H,2,14H2,1H3,(H2,15,16,17,18). The van der Waals surface area contributed by atoms with Crippen molar-refractivity contribution in [2.75, 3.05) is 11.1 Å². The van der Waals surface area contributed by atoms with Crippen LogP contribution >= 0.6 is 0 Å². The largest absolute Gasteiger partial charge is 0.396 e. The van der Waals surface area contributed by atoms with Gasteiger partial charge in [0.05, 0.1) is 11.9 Å². The third kappa shape index (κ3) is 2.32. The van der Waals surface area contributed by atoms with Gasteiger partial charge in [-0.2, -0.15) is 5.10 Å². The summed E-state index contributed by atoms with van der Waals surface area (Å²) in [6, 6.07) is 3.84. The molecule has 0 aliphatic carbocycles. The van der Waals surface area contributed by atoms with Crippen LogP contribution in [0, 0.1) is 5.82 Å². The van der Waals surface area contributed by atoms with Crippen LogP contribution in [0.25, 0.3) is 0 Å². The van der Waals surface area contributed by atoms with Gasteiger partial charge in [0.15, 0.2) is 0 Å². The third-order valence-corrected chi connectivity index (χ3v) is 2.60. The fourth-order valence-electron chi connectivity index (χ4n) is 1.56. The van der Waals surface area contributed by atoms with Crippen molar-refractivity contribution in [3.8, 4) is 0 Å².